The van der Waals surface area contributed by atoms with Gasteiger partial charge in [-0.1, -0.05) is 95.1 Å². The van der Waals surface area contributed by atoms with E-state index in [1.165, 1.54) is 70.6 Å². The molecule has 2 N–H and O–H groups in total. The molecule has 3 aliphatic carbocycles. The third-order valence-corrected chi connectivity index (χ3v) is 9.35. The lowest BCUT2D eigenvalue weighted by Gasteiger charge is -2.33. The SMILES string of the molecule is O=C(O)C1(CCCCCCC/C=C2/CC2CCCCCC2(C(=O)O)CCCCC2)CCCCC1. The maximum Gasteiger partial charge on any atom is 0.309 e. The van der Waals surface area contributed by atoms with Gasteiger partial charge in [0.05, 0.1) is 10.8 Å². The molecule has 3 fully saturated rings. The highest BCUT2D eigenvalue weighted by atomic mass is 16.4. The molecule has 4 heteroatoms. The Kier molecular flexibility index (Phi) is 11.0. The Morgan fingerprint density at radius 2 is 1.15 bits per heavy atom. The van der Waals surface area contributed by atoms with E-state index >= 15 is 0 Å². The van der Waals surface area contributed by atoms with Crippen LogP contribution in [0, 0.1) is 16.7 Å². The van der Waals surface area contributed by atoms with E-state index in [1.54, 1.807) is 5.57 Å². The third kappa shape index (κ3) is 8.12. The van der Waals surface area contributed by atoms with Gasteiger partial charge in [-0.15, -0.1) is 0 Å². The van der Waals surface area contributed by atoms with E-state index in [4.69, 9.17) is 0 Å². The fraction of sp³-hybridized carbons (Fsp3) is 0.867. The van der Waals surface area contributed by atoms with Gasteiger partial charge < -0.3 is 10.2 Å². The number of allylic oxidation sites excluding steroid dienone is 2. The van der Waals surface area contributed by atoms with Crippen molar-refractivity contribution < 1.29 is 19.8 Å². The van der Waals surface area contributed by atoms with Crippen LogP contribution in [0.4, 0.5) is 0 Å². The first-order valence-electron chi connectivity index (χ1n) is 14.6. The molecular formula is C30H50O4. The minimum absolute atomic E-state index is 0.406. The van der Waals surface area contributed by atoms with Gasteiger partial charge in [0, 0.05) is 0 Å². The first kappa shape index (κ1) is 27.3. The summed E-state index contributed by atoms with van der Waals surface area (Å²) in [7, 11) is 0. The number of unbranched alkanes of at least 4 members (excludes halogenated alkanes) is 7. The van der Waals surface area contributed by atoms with E-state index < -0.39 is 22.8 Å². The number of hydrogen-bond acceptors (Lipinski definition) is 2. The van der Waals surface area contributed by atoms with Gasteiger partial charge in [-0.05, 0) is 70.1 Å². The van der Waals surface area contributed by atoms with E-state index in [0.29, 0.717) is 0 Å². The Balaban J connectivity index is 1.17. The molecule has 0 spiro atoms. The number of hydrogen-bond donors (Lipinski definition) is 2. The molecule has 1 unspecified atom stereocenters. The normalized spacial score (nSPS) is 24.7. The van der Waals surface area contributed by atoms with Crippen LogP contribution in [0.1, 0.15) is 148 Å². The third-order valence-electron chi connectivity index (χ3n) is 9.35. The van der Waals surface area contributed by atoms with Crippen molar-refractivity contribution in [3.05, 3.63) is 11.6 Å². The minimum atomic E-state index is -0.550. The van der Waals surface area contributed by atoms with Crippen LogP contribution in [0.15, 0.2) is 11.6 Å². The quantitative estimate of drug-likeness (QED) is 0.173. The topological polar surface area (TPSA) is 74.6 Å². The van der Waals surface area contributed by atoms with Gasteiger partial charge >= 0.3 is 11.9 Å². The second-order valence-corrected chi connectivity index (χ2v) is 11.9. The van der Waals surface area contributed by atoms with Crippen molar-refractivity contribution in [2.75, 3.05) is 0 Å². The summed E-state index contributed by atoms with van der Waals surface area (Å²) in [6.45, 7) is 0. The molecule has 4 nitrogen and oxygen atoms in total. The lowest BCUT2D eigenvalue weighted by molar-refractivity contribution is -0.152. The summed E-state index contributed by atoms with van der Waals surface area (Å²) in [5, 5.41) is 19.4. The molecule has 0 aromatic rings. The monoisotopic (exact) mass is 474 g/mol. The summed E-state index contributed by atoms with van der Waals surface area (Å²) in [4.78, 5) is 23.5. The Morgan fingerprint density at radius 3 is 1.68 bits per heavy atom. The van der Waals surface area contributed by atoms with Crippen LogP contribution >= 0.6 is 0 Å². The molecule has 3 rings (SSSR count). The average molecular weight is 475 g/mol. The van der Waals surface area contributed by atoms with Crippen molar-refractivity contribution in [2.45, 2.75) is 148 Å². The van der Waals surface area contributed by atoms with Crippen LogP contribution in [0.5, 0.6) is 0 Å². The predicted octanol–water partition coefficient (Wildman–Crippen LogP) is 8.68. The van der Waals surface area contributed by atoms with Crippen molar-refractivity contribution in [2.24, 2.45) is 16.7 Å². The van der Waals surface area contributed by atoms with Crippen molar-refractivity contribution in [3.8, 4) is 0 Å². The van der Waals surface area contributed by atoms with E-state index in [2.05, 4.69) is 6.08 Å². The van der Waals surface area contributed by atoms with Crippen LogP contribution in [-0.2, 0) is 9.59 Å². The number of rotatable bonds is 16. The summed E-state index contributed by atoms with van der Waals surface area (Å²) >= 11 is 0. The Hall–Kier alpha value is -1.32. The Labute approximate surface area is 208 Å². The van der Waals surface area contributed by atoms with Crippen molar-refractivity contribution in [1.82, 2.24) is 0 Å². The number of carboxylic acid groups (broad SMARTS) is 2. The highest BCUT2D eigenvalue weighted by molar-refractivity contribution is 5.75. The maximum absolute atomic E-state index is 11.8. The highest BCUT2D eigenvalue weighted by Crippen LogP contribution is 2.44. The Bertz CT molecular complexity index is 667. The first-order chi connectivity index (χ1) is 16.5. The molecule has 0 aliphatic heterocycles. The molecule has 0 aromatic carbocycles. The van der Waals surface area contributed by atoms with Gasteiger partial charge in [-0.25, -0.2) is 0 Å². The summed E-state index contributed by atoms with van der Waals surface area (Å²) in [6, 6.07) is 0. The van der Waals surface area contributed by atoms with E-state index in [9.17, 15) is 19.8 Å². The summed E-state index contributed by atoms with van der Waals surface area (Å²) < 4.78 is 0. The maximum atomic E-state index is 11.8. The molecule has 34 heavy (non-hydrogen) atoms. The van der Waals surface area contributed by atoms with E-state index in [0.717, 1.165) is 83.0 Å². The number of aliphatic carboxylic acids is 2. The highest BCUT2D eigenvalue weighted by Gasteiger charge is 2.39. The molecule has 1 atom stereocenters. The zero-order valence-electron chi connectivity index (χ0n) is 21.6. The lowest BCUT2D eigenvalue weighted by atomic mass is 9.71. The zero-order chi connectivity index (χ0) is 24.3. The molecule has 194 valence electrons. The fourth-order valence-electron chi connectivity index (χ4n) is 6.82. The summed E-state index contributed by atoms with van der Waals surface area (Å²) in [6.07, 6.45) is 27.9. The van der Waals surface area contributed by atoms with Gasteiger partial charge in [-0.3, -0.25) is 9.59 Å². The van der Waals surface area contributed by atoms with Crippen LogP contribution < -0.4 is 0 Å². The fourth-order valence-corrected chi connectivity index (χ4v) is 6.82. The molecular weight excluding hydrogens is 424 g/mol. The second-order valence-electron chi connectivity index (χ2n) is 11.9. The summed E-state index contributed by atoms with van der Waals surface area (Å²) in [5.74, 6) is -0.287. The van der Waals surface area contributed by atoms with Crippen LogP contribution in [0.2, 0.25) is 0 Å². The second kappa shape index (κ2) is 13.7. The molecule has 3 saturated carbocycles. The smallest absolute Gasteiger partial charge is 0.309 e. The standard InChI is InChI=1S/C30H50O4/c31-27(32)29(20-12-6-13-21-29)18-10-4-2-1-3-8-16-25-24-26(25)17-9-5-11-19-30(28(33)34)22-14-7-15-23-30/h16,26H,1-15,17-24H2,(H,31,32)(H,33,34)/b25-16-. The van der Waals surface area contributed by atoms with Crippen LogP contribution in [-0.4, -0.2) is 22.2 Å². The van der Waals surface area contributed by atoms with Gasteiger partial charge in [0.1, 0.15) is 0 Å². The van der Waals surface area contributed by atoms with Crippen LogP contribution in [0.3, 0.4) is 0 Å². The molecule has 0 saturated heterocycles. The van der Waals surface area contributed by atoms with Gasteiger partial charge in [-0.2, -0.15) is 0 Å². The van der Waals surface area contributed by atoms with Crippen molar-refractivity contribution >= 4 is 11.9 Å². The number of carboxylic acids is 2. The van der Waals surface area contributed by atoms with Crippen molar-refractivity contribution in [1.29, 1.82) is 0 Å². The average Bonchev–Trinajstić information content (AvgIpc) is 3.59. The van der Waals surface area contributed by atoms with Crippen LogP contribution in [0.25, 0.3) is 0 Å². The largest absolute Gasteiger partial charge is 0.481 e. The van der Waals surface area contributed by atoms with Gasteiger partial charge in [0.25, 0.3) is 0 Å². The summed E-state index contributed by atoms with van der Waals surface area (Å²) in [5.41, 5.74) is 0.850. The molecule has 0 heterocycles. The molecule has 3 aliphatic rings. The molecule has 0 bridgehead atoms. The molecule has 0 amide bonds. The lowest BCUT2D eigenvalue weighted by Crippen LogP contribution is -2.33. The van der Waals surface area contributed by atoms with Gasteiger partial charge in [0.2, 0.25) is 0 Å². The first-order valence-corrected chi connectivity index (χ1v) is 14.6. The van der Waals surface area contributed by atoms with E-state index in [1.807, 2.05) is 0 Å². The molecule has 0 aromatic heterocycles. The zero-order valence-corrected chi connectivity index (χ0v) is 21.6. The molecule has 0 radical (unpaired) electrons. The van der Waals surface area contributed by atoms with E-state index in [-0.39, 0.29) is 0 Å². The van der Waals surface area contributed by atoms with Gasteiger partial charge in [0.15, 0.2) is 0 Å². The minimum Gasteiger partial charge on any atom is -0.481 e. The van der Waals surface area contributed by atoms with Crippen molar-refractivity contribution in [3.63, 3.8) is 0 Å². The predicted molar refractivity (Wildman–Crippen MR) is 138 cm³/mol. The Morgan fingerprint density at radius 1 is 0.676 bits per heavy atom. The number of carbonyl (C=O) groups is 2.